The molecular formula is C21H27N3O3. The van der Waals surface area contributed by atoms with Gasteiger partial charge in [0.2, 0.25) is 5.91 Å². The largest absolute Gasteiger partial charge is 0.361 e. The number of amides is 2. The molecule has 0 aliphatic carbocycles. The molecule has 0 unspecified atom stereocenters. The average Bonchev–Trinajstić information content (AvgIpc) is 3.01. The van der Waals surface area contributed by atoms with E-state index in [-0.39, 0.29) is 17.9 Å². The number of carbonyl (C=O) groups excluding carboxylic acids is 2. The highest BCUT2D eigenvalue weighted by molar-refractivity contribution is 5.94. The smallest absolute Gasteiger partial charge is 0.251 e. The van der Waals surface area contributed by atoms with E-state index in [9.17, 15) is 9.59 Å². The van der Waals surface area contributed by atoms with Gasteiger partial charge < -0.3 is 14.7 Å². The molecule has 0 saturated carbocycles. The first-order valence-corrected chi connectivity index (χ1v) is 9.60. The van der Waals surface area contributed by atoms with E-state index < -0.39 is 0 Å². The number of rotatable bonds is 6. The van der Waals surface area contributed by atoms with E-state index >= 15 is 0 Å². The second kappa shape index (κ2) is 8.84. The van der Waals surface area contributed by atoms with Crippen molar-refractivity contribution < 1.29 is 14.1 Å². The minimum atomic E-state index is -0.0694. The van der Waals surface area contributed by atoms with Crippen LogP contribution in [0.5, 0.6) is 0 Å². The first kappa shape index (κ1) is 19.1. The fourth-order valence-corrected chi connectivity index (χ4v) is 3.68. The molecule has 0 spiro atoms. The highest BCUT2D eigenvalue weighted by Crippen LogP contribution is 2.22. The summed E-state index contributed by atoms with van der Waals surface area (Å²) in [6.07, 6.45) is 4.22. The summed E-state index contributed by atoms with van der Waals surface area (Å²) < 4.78 is 5.18. The van der Waals surface area contributed by atoms with Crippen molar-refractivity contribution in [1.29, 1.82) is 0 Å². The summed E-state index contributed by atoms with van der Waals surface area (Å²) in [7, 11) is 0. The first-order chi connectivity index (χ1) is 13.1. The molecule has 1 aromatic carbocycles. The summed E-state index contributed by atoms with van der Waals surface area (Å²) in [5, 5.41) is 6.91. The van der Waals surface area contributed by atoms with Crippen LogP contribution in [0.3, 0.4) is 0 Å². The third kappa shape index (κ3) is 4.76. The van der Waals surface area contributed by atoms with E-state index in [2.05, 4.69) is 10.5 Å². The summed E-state index contributed by atoms with van der Waals surface area (Å²) in [5.74, 6) is 0.757. The molecule has 1 aliphatic heterocycles. The maximum Gasteiger partial charge on any atom is 0.251 e. The van der Waals surface area contributed by atoms with E-state index in [1.54, 1.807) is 12.1 Å². The lowest BCUT2D eigenvalue weighted by molar-refractivity contribution is -0.134. The molecule has 1 saturated heterocycles. The summed E-state index contributed by atoms with van der Waals surface area (Å²) in [6.45, 7) is 5.05. The Bertz CT molecular complexity index is 766. The molecule has 1 aliphatic rings. The molecule has 0 radical (unpaired) electrons. The number of hydrogen-bond acceptors (Lipinski definition) is 4. The van der Waals surface area contributed by atoms with Crippen LogP contribution in [0.4, 0.5) is 0 Å². The Morgan fingerprint density at radius 3 is 2.70 bits per heavy atom. The van der Waals surface area contributed by atoms with Gasteiger partial charge in [-0.15, -0.1) is 0 Å². The van der Waals surface area contributed by atoms with Crippen LogP contribution < -0.4 is 5.32 Å². The molecule has 27 heavy (non-hydrogen) atoms. The fourth-order valence-electron chi connectivity index (χ4n) is 3.68. The number of piperidine rings is 1. The van der Waals surface area contributed by atoms with Gasteiger partial charge in [-0.25, -0.2) is 0 Å². The second-order valence-corrected chi connectivity index (χ2v) is 7.13. The maximum atomic E-state index is 12.9. The number of likely N-dealkylation sites (tertiary alicyclic amines) is 1. The Hall–Kier alpha value is -2.63. The fraction of sp³-hybridized carbons (Fsp3) is 0.476. The molecule has 144 valence electrons. The number of benzene rings is 1. The van der Waals surface area contributed by atoms with Gasteiger partial charge in [0, 0.05) is 30.3 Å². The van der Waals surface area contributed by atoms with Gasteiger partial charge in [-0.05, 0) is 51.7 Å². The number of nitrogens with one attached hydrogen (secondary N) is 1. The molecule has 2 aromatic rings. The number of aromatic nitrogens is 1. The third-order valence-corrected chi connectivity index (χ3v) is 5.26. The lowest BCUT2D eigenvalue weighted by Gasteiger charge is -2.36. The molecule has 0 bridgehead atoms. The van der Waals surface area contributed by atoms with Gasteiger partial charge in [-0.1, -0.05) is 23.4 Å². The van der Waals surface area contributed by atoms with Crippen molar-refractivity contribution in [3.8, 4) is 0 Å². The molecule has 1 N–H and O–H groups in total. The van der Waals surface area contributed by atoms with Crippen molar-refractivity contribution in [3.05, 3.63) is 52.9 Å². The van der Waals surface area contributed by atoms with E-state index in [1.165, 1.54) is 0 Å². The molecule has 6 nitrogen and oxygen atoms in total. The Morgan fingerprint density at radius 1 is 1.22 bits per heavy atom. The first-order valence-electron chi connectivity index (χ1n) is 9.60. The summed E-state index contributed by atoms with van der Waals surface area (Å²) in [5.41, 5.74) is 2.33. The van der Waals surface area contributed by atoms with Crippen molar-refractivity contribution in [2.75, 3.05) is 13.1 Å². The summed E-state index contributed by atoms with van der Waals surface area (Å²) in [6, 6.07) is 9.37. The topological polar surface area (TPSA) is 75.4 Å². The van der Waals surface area contributed by atoms with Crippen molar-refractivity contribution in [1.82, 2.24) is 15.4 Å². The minimum Gasteiger partial charge on any atom is -0.361 e. The van der Waals surface area contributed by atoms with Gasteiger partial charge in [-0.3, -0.25) is 9.59 Å². The Labute approximate surface area is 159 Å². The minimum absolute atomic E-state index is 0.0694. The monoisotopic (exact) mass is 369 g/mol. The van der Waals surface area contributed by atoms with Gasteiger partial charge in [-0.2, -0.15) is 0 Å². The third-order valence-electron chi connectivity index (χ3n) is 5.26. The predicted octanol–water partition coefficient (Wildman–Crippen LogP) is 3.04. The van der Waals surface area contributed by atoms with Crippen LogP contribution in [-0.2, 0) is 11.2 Å². The Balaban J connectivity index is 1.55. The molecule has 1 fully saturated rings. The number of carbonyl (C=O) groups is 2. The highest BCUT2D eigenvalue weighted by Gasteiger charge is 2.27. The number of aryl methyl sites for hydroxylation is 2. The van der Waals surface area contributed by atoms with Crippen LogP contribution in [0.1, 0.15) is 53.1 Å². The lowest BCUT2D eigenvalue weighted by atomic mass is 9.98. The lowest BCUT2D eigenvalue weighted by Crippen LogP contribution is -2.46. The van der Waals surface area contributed by atoms with Crippen molar-refractivity contribution >= 4 is 11.8 Å². The second-order valence-electron chi connectivity index (χ2n) is 7.13. The summed E-state index contributed by atoms with van der Waals surface area (Å²) >= 11 is 0. The SMILES string of the molecule is Cc1noc(C)c1CC(=O)N1CCCC[C@@H]1CCNC(=O)c1ccccc1. The molecule has 2 amide bonds. The van der Waals surface area contributed by atoms with E-state index in [0.29, 0.717) is 24.3 Å². The quantitative estimate of drug-likeness (QED) is 0.849. The van der Waals surface area contributed by atoms with Crippen LogP contribution in [0.15, 0.2) is 34.9 Å². The maximum absolute atomic E-state index is 12.9. The zero-order chi connectivity index (χ0) is 19.2. The Morgan fingerprint density at radius 2 is 2.00 bits per heavy atom. The van der Waals surface area contributed by atoms with Crippen LogP contribution in [0.2, 0.25) is 0 Å². The molecule has 1 atom stereocenters. The molecule has 3 rings (SSSR count). The average molecular weight is 369 g/mol. The predicted molar refractivity (Wildman–Crippen MR) is 102 cm³/mol. The normalized spacial score (nSPS) is 17.0. The van der Waals surface area contributed by atoms with Gasteiger partial charge in [0.15, 0.2) is 0 Å². The van der Waals surface area contributed by atoms with Gasteiger partial charge in [0.25, 0.3) is 5.91 Å². The molecule has 2 heterocycles. The highest BCUT2D eigenvalue weighted by atomic mass is 16.5. The van der Waals surface area contributed by atoms with Gasteiger partial charge >= 0.3 is 0 Å². The van der Waals surface area contributed by atoms with Crippen molar-refractivity contribution in [3.63, 3.8) is 0 Å². The summed E-state index contributed by atoms with van der Waals surface area (Å²) in [4.78, 5) is 27.0. The van der Waals surface area contributed by atoms with E-state index in [1.807, 2.05) is 36.9 Å². The van der Waals surface area contributed by atoms with Crippen LogP contribution in [0.25, 0.3) is 0 Å². The van der Waals surface area contributed by atoms with E-state index in [0.717, 1.165) is 43.5 Å². The molecule has 1 aromatic heterocycles. The molecule has 6 heteroatoms. The van der Waals surface area contributed by atoms with E-state index in [4.69, 9.17) is 4.52 Å². The van der Waals surface area contributed by atoms with Gasteiger partial charge in [0.05, 0.1) is 12.1 Å². The molecular weight excluding hydrogens is 342 g/mol. The van der Waals surface area contributed by atoms with Crippen LogP contribution in [0, 0.1) is 13.8 Å². The standard InChI is InChI=1S/C21H27N3O3/c1-15-19(16(2)27-23-15)14-20(25)24-13-7-6-10-18(24)11-12-22-21(26)17-8-4-3-5-9-17/h3-5,8-9,18H,6-7,10-14H2,1-2H3,(H,22,26)/t18-/m1/s1. The zero-order valence-electron chi connectivity index (χ0n) is 16.0. The van der Waals surface area contributed by atoms with Crippen molar-refractivity contribution in [2.45, 2.75) is 52.0 Å². The Kier molecular flexibility index (Phi) is 6.27. The van der Waals surface area contributed by atoms with Crippen LogP contribution in [-0.4, -0.2) is 41.0 Å². The van der Waals surface area contributed by atoms with Crippen molar-refractivity contribution in [2.24, 2.45) is 0 Å². The zero-order valence-corrected chi connectivity index (χ0v) is 16.0. The van der Waals surface area contributed by atoms with Crippen LogP contribution >= 0.6 is 0 Å². The number of nitrogens with zero attached hydrogens (tertiary/aromatic N) is 2. The van der Waals surface area contributed by atoms with Gasteiger partial charge in [0.1, 0.15) is 5.76 Å². The number of hydrogen-bond donors (Lipinski definition) is 1.